The summed E-state index contributed by atoms with van der Waals surface area (Å²) in [4.78, 5) is 9.16. The summed E-state index contributed by atoms with van der Waals surface area (Å²) in [6.07, 6.45) is 3.44. The van der Waals surface area contributed by atoms with E-state index in [0.717, 1.165) is 25.0 Å². The second-order valence-electron chi connectivity index (χ2n) is 5.32. The van der Waals surface area contributed by atoms with Gasteiger partial charge >= 0.3 is 0 Å². The lowest BCUT2D eigenvalue weighted by Gasteiger charge is -2.14. The van der Waals surface area contributed by atoms with Gasteiger partial charge in [-0.3, -0.25) is 4.57 Å². The van der Waals surface area contributed by atoms with Crippen LogP contribution < -0.4 is 10.1 Å². The normalized spacial score (nSPS) is 15.6. The Morgan fingerprint density at radius 1 is 1.35 bits per heavy atom. The van der Waals surface area contributed by atoms with E-state index in [4.69, 9.17) is 9.63 Å². The van der Waals surface area contributed by atoms with Gasteiger partial charge in [0, 0.05) is 6.66 Å². The van der Waals surface area contributed by atoms with E-state index in [1.165, 1.54) is 12.2 Å². The molecule has 1 aromatic carbocycles. The van der Waals surface area contributed by atoms with Gasteiger partial charge in [-0.1, -0.05) is 25.5 Å². The monoisotopic (exact) mass is 299 g/mol. The predicted molar refractivity (Wildman–Crippen MR) is 83.8 cm³/mol. The summed E-state index contributed by atoms with van der Waals surface area (Å²) in [5, 5.41) is 2.99. The fourth-order valence-corrected chi connectivity index (χ4v) is 2.52. The van der Waals surface area contributed by atoms with Gasteiger partial charge in [-0.2, -0.15) is 0 Å². The first kappa shape index (κ1) is 17.2. The molecule has 0 spiro atoms. The van der Waals surface area contributed by atoms with Crippen LogP contribution in [-0.2, 0) is 11.0 Å². The van der Waals surface area contributed by atoms with Crippen molar-refractivity contribution in [3.05, 3.63) is 29.8 Å². The zero-order chi connectivity index (χ0) is 15.0. The number of hydrogen-bond acceptors (Lipinski definition) is 3. The molecule has 114 valence electrons. The number of nitrogens with one attached hydrogen (secondary N) is 1. The summed E-state index contributed by atoms with van der Waals surface area (Å²) >= 11 is 0. The van der Waals surface area contributed by atoms with Crippen LogP contribution in [0.25, 0.3) is 0 Å². The van der Waals surface area contributed by atoms with Crippen molar-refractivity contribution in [1.29, 1.82) is 0 Å². The molecule has 0 amide bonds. The van der Waals surface area contributed by atoms with Crippen molar-refractivity contribution in [3.63, 3.8) is 0 Å². The van der Waals surface area contributed by atoms with Gasteiger partial charge in [0.1, 0.15) is 5.75 Å². The third-order valence-electron chi connectivity index (χ3n) is 2.95. The molecular weight excluding hydrogens is 273 g/mol. The number of hydrogen-bond donors (Lipinski definition) is 2. The van der Waals surface area contributed by atoms with Crippen molar-refractivity contribution < 1.29 is 14.2 Å². The average molecular weight is 299 g/mol. The Morgan fingerprint density at radius 3 is 2.55 bits per heavy atom. The topological polar surface area (TPSA) is 58.6 Å². The second-order valence-corrected chi connectivity index (χ2v) is 7.74. The van der Waals surface area contributed by atoms with Gasteiger partial charge in [-0.05, 0) is 44.0 Å². The summed E-state index contributed by atoms with van der Waals surface area (Å²) in [7, 11) is -2.95. The van der Waals surface area contributed by atoms with E-state index in [0.29, 0.717) is 6.54 Å². The Morgan fingerprint density at radius 2 is 2.00 bits per heavy atom. The molecule has 0 saturated heterocycles. The molecule has 2 unspecified atom stereocenters. The Bertz CT molecular complexity index is 427. The van der Waals surface area contributed by atoms with Crippen molar-refractivity contribution in [2.24, 2.45) is 0 Å². The first-order chi connectivity index (χ1) is 9.40. The summed E-state index contributed by atoms with van der Waals surface area (Å²) in [6.45, 7) is 6.30. The molecule has 0 aliphatic carbocycles. The summed E-state index contributed by atoms with van der Waals surface area (Å²) in [5.41, 5.74) is 1.19. The molecule has 0 fully saturated rings. The van der Waals surface area contributed by atoms with Crippen LogP contribution in [0.4, 0.5) is 0 Å². The minimum Gasteiger partial charge on any atom is -0.491 e. The number of rotatable bonds is 9. The number of benzene rings is 1. The Kier molecular flexibility index (Phi) is 7.28. The zero-order valence-corrected chi connectivity index (χ0v) is 13.5. The van der Waals surface area contributed by atoms with E-state index in [-0.39, 0.29) is 12.4 Å². The van der Waals surface area contributed by atoms with Crippen LogP contribution in [0, 0.1) is 0 Å². The maximum absolute atomic E-state index is 11.1. The van der Waals surface area contributed by atoms with Crippen LogP contribution >= 0.6 is 7.37 Å². The zero-order valence-electron chi connectivity index (χ0n) is 12.6. The molecule has 1 rings (SSSR count). The van der Waals surface area contributed by atoms with Crippen molar-refractivity contribution >= 4 is 7.37 Å². The molecule has 1 aromatic rings. The van der Waals surface area contributed by atoms with Crippen LogP contribution in [0.2, 0.25) is 0 Å². The minimum absolute atomic E-state index is 0.169. The molecule has 0 heterocycles. The lowest BCUT2D eigenvalue weighted by Crippen LogP contribution is -2.18. The van der Waals surface area contributed by atoms with E-state index < -0.39 is 7.37 Å². The molecule has 0 aromatic heterocycles. The second kappa shape index (κ2) is 8.46. The van der Waals surface area contributed by atoms with E-state index in [1.54, 1.807) is 0 Å². The highest BCUT2D eigenvalue weighted by molar-refractivity contribution is 7.57. The highest BCUT2D eigenvalue weighted by atomic mass is 31.2. The Hall–Kier alpha value is -0.830. The SMILES string of the molecule is CCCC(C)Oc1ccc(CCNCP(C)(=O)O)cc1. The van der Waals surface area contributed by atoms with Crippen LogP contribution in [0.5, 0.6) is 5.75 Å². The Labute approximate surface area is 122 Å². The lowest BCUT2D eigenvalue weighted by atomic mass is 10.1. The summed E-state index contributed by atoms with van der Waals surface area (Å²) in [5.74, 6) is 0.899. The molecule has 0 aliphatic heterocycles. The molecule has 2 atom stereocenters. The van der Waals surface area contributed by atoms with Crippen molar-refractivity contribution in [3.8, 4) is 5.75 Å². The maximum atomic E-state index is 11.1. The van der Waals surface area contributed by atoms with Gasteiger partial charge in [0.25, 0.3) is 0 Å². The quantitative estimate of drug-likeness (QED) is 0.543. The van der Waals surface area contributed by atoms with Crippen molar-refractivity contribution in [2.75, 3.05) is 19.5 Å². The fourth-order valence-electron chi connectivity index (χ4n) is 1.95. The molecule has 2 N–H and O–H groups in total. The first-order valence-corrected chi connectivity index (χ1v) is 9.45. The third kappa shape index (κ3) is 7.68. The van der Waals surface area contributed by atoms with E-state index in [1.807, 2.05) is 24.3 Å². The Balaban J connectivity index is 2.33. The molecule has 20 heavy (non-hydrogen) atoms. The average Bonchev–Trinajstić information content (AvgIpc) is 2.36. The van der Waals surface area contributed by atoms with Gasteiger partial charge in [0.05, 0.1) is 12.4 Å². The van der Waals surface area contributed by atoms with Gasteiger partial charge in [0.2, 0.25) is 7.37 Å². The smallest absolute Gasteiger partial charge is 0.210 e. The molecule has 0 radical (unpaired) electrons. The van der Waals surface area contributed by atoms with E-state index in [9.17, 15) is 4.57 Å². The standard InChI is InChI=1S/C15H26NO3P/c1-4-5-13(2)19-15-8-6-14(7-9-15)10-11-16-12-20(3,17)18/h6-9,13,16H,4-5,10-12H2,1-3H3,(H,17,18). The number of ether oxygens (including phenoxy) is 1. The fraction of sp³-hybridized carbons (Fsp3) is 0.600. The van der Waals surface area contributed by atoms with E-state index >= 15 is 0 Å². The first-order valence-electron chi connectivity index (χ1n) is 7.16. The highest BCUT2D eigenvalue weighted by Gasteiger charge is 2.07. The molecule has 0 saturated carbocycles. The van der Waals surface area contributed by atoms with Crippen LogP contribution in [0.3, 0.4) is 0 Å². The van der Waals surface area contributed by atoms with Gasteiger partial charge < -0.3 is 14.9 Å². The molecule has 5 heteroatoms. The van der Waals surface area contributed by atoms with Crippen molar-refractivity contribution in [1.82, 2.24) is 5.32 Å². The van der Waals surface area contributed by atoms with E-state index in [2.05, 4.69) is 19.2 Å². The van der Waals surface area contributed by atoms with Crippen LogP contribution in [0.1, 0.15) is 32.3 Å². The molecule has 4 nitrogen and oxygen atoms in total. The minimum atomic E-state index is -2.95. The molecule has 0 bridgehead atoms. The summed E-state index contributed by atoms with van der Waals surface area (Å²) in [6, 6.07) is 8.05. The summed E-state index contributed by atoms with van der Waals surface area (Å²) < 4.78 is 16.9. The predicted octanol–water partition coefficient (Wildman–Crippen LogP) is 3.24. The maximum Gasteiger partial charge on any atom is 0.210 e. The lowest BCUT2D eigenvalue weighted by molar-refractivity contribution is 0.210. The molecule has 0 aliphatic rings. The highest BCUT2D eigenvalue weighted by Crippen LogP contribution is 2.32. The largest absolute Gasteiger partial charge is 0.491 e. The third-order valence-corrected chi connectivity index (χ3v) is 3.76. The van der Waals surface area contributed by atoms with Crippen LogP contribution in [-0.4, -0.2) is 30.5 Å². The van der Waals surface area contributed by atoms with Crippen LogP contribution in [0.15, 0.2) is 24.3 Å². The molecular formula is C15H26NO3P. The van der Waals surface area contributed by atoms with Gasteiger partial charge in [0.15, 0.2) is 0 Å². The van der Waals surface area contributed by atoms with Gasteiger partial charge in [-0.15, -0.1) is 0 Å². The van der Waals surface area contributed by atoms with Gasteiger partial charge in [-0.25, -0.2) is 0 Å². The van der Waals surface area contributed by atoms with Crippen molar-refractivity contribution in [2.45, 2.75) is 39.2 Å².